The molecule has 5 nitrogen and oxygen atoms in total. The summed E-state index contributed by atoms with van der Waals surface area (Å²) in [5.41, 5.74) is -0.556. The third-order valence-electron chi connectivity index (χ3n) is 4.30. The van der Waals surface area contributed by atoms with Crippen LogP contribution in [0.4, 0.5) is 4.39 Å². The summed E-state index contributed by atoms with van der Waals surface area (Å²) in [5.74, 6) is -1.71. The monoisotopic (exact) mass is 319 g/mol. The number of benzene rings is 1. The molecule has 0 aliphatic heterocycles. The minimum atomic E-state index is -0.902. The van der Waals surface area contributed by atoms with Crippen LogP contribution in [0.2, 0.25) is 0 Å². The van der Waals surface area contributed by atoms with Gasteiger partial charge in [0.25, 0.3) is 5.91 Å². The van der Waals surface area contributed by atoms with Crippen LogP contribution in [0.1, 0.15) is 42.7 Å². The van der Waals surface area contributed by atoms with E-state index in [1.807, 2.05) is 0 Å². The molecule has 3 rings (SSSR count). The Morgan fingerprint density at radius 1 is 1.26 bits per heavy atom. The summed E-state index contributed by atoms with van der Waals surface area (Å²) in [4.78, 5) is 24.1. The number of fused-ring (bicyclic) bond motifs is 1. The van der Waals surface area contributed by atoms with Crippen molar-refractivity contribution in [2.45, 2.75) is 32.1 Å². The van der Waals surface area contributed by atoms with Crippen LogP contribution in [0.25, 0.3) is 11.0 Å². The zero-order chi connectivity index (χ0) is 16.4. The van der Waals surface area contributed by atoms with Gasteiger partial charge in [0.2, 0.25) is 0 Å². The molecule has 0 radical (unpaired) electrons. The van der Waals surface area contributed by atoms with Crippen LogP contribution in [0, 0.1) is 11.7 Å². The van der Waals surface area contributed by atoms with Gasteiger partial charge in [0.1, 0.15) is 5.58 Å². The minimum Gasteiger partial charge on any atom is -0.505 e. The highest BCUT2D eigenvalue weighted by Gasteiger charge is 2.17. The van der Waals surface area contributed by atoms with Crippen molar-refractivity contribution in [2.24, 2.45) is 5.92 Å². The van der Waals surface area contributed by atoms with Gasteiger partial charge in [-0.2, -0.15) is 0 Å². The highest BCUT2D eigenvalue weighted by molar-refractivity contribution is 5.93. The van der Waals surface area contributed by atoms with E-state index in [0.29, 0.717) is 12.5 Å². The molecule has 1 amide bonds. The van der Waals surface area contributed by atoms with E-state index < -0.39 is 22.9 Å². The zero-order valence-electron chi connectivity index (χ0n) is 12.6. The van der Waals surface area contributed by atoms with Crippen LogP contribution < -0.4 is 10.7 Å². The van der Waals surface area contributed by atoms with Gasteiger partial charge in [-0.3, -0.25) is 9.59 Å². The Balaban J connectivity index is 1.80. The van der Waals surface area contributed by atoms with Crippen LogP contribution in [0.15, 0.2) is 27.4 Å². The van der Waals surface area contributed by atoms with Crippen LogP contribution in [-0.4, -0.2) is 17.6 Å². The molecular formula is C17H18FNO4. The highest BCUT2D eigenvalue weighted by atomic mass is 19.1. The predicted molar refractivity (Wildman–Crippen MR) is 83.0 cm³/mol. The quantitative estimate of drug-likeness (QED) is 0.911. The highest BCUT2D eigenvalue weighted by Crippen LogP contribution is 2.24. The standard InChI is InChI=1S/C17H18FNO4/c18-12-7-15-11(6-14(12)21)13(20)8-16(23-15)17(22)19-9-10-4-2-1-3-5-10/h6-8,10,21H,1-5,9H2,(H,19,22). The van der Waals surface area contributed by atoms with E-state index in [9.17, 15) is 19.1 Å². The molecule has 0 unspecified atom stereocenters. The van der Waals surface area contributed by atoms with E-state index in [4.69, 9.17) is 4.42 Å². The Morgan fingerprint density at radius 2 is 2.00 bits per heavy atom. The fraction of sp³-hybridized carbons (Fsp3) is 0.412. The third-order valence-corrected chi connectivity index (χ3v) is 4.30. The van der Waals surface area contributed by atoms with Crippen LogP contribution in [0.5, 0.6) is 5.75 Å². The fourth-order valence-electron chi connectivity index (χ4n) is 2.99. The predicted octanol–water partition coefficient (Wildman–Crippen LogP) is 2.95. The Hall–Kier alpha value is -2.37. The first-order valence-corrected chi connectivity index (χ1v) is 7.79. The van der Waals surface area contributed by atoms with E-state index in [0.717, 1.165) is 31.0 Å². The van der Waals surface area contributed by atoms with E-state index in [1.165, 1.54) is 19.3 Å². The SMILES string of the molecule is O=C(NCC1CCCCC1)c1cc(=O)c2cc(O)c(F)cc2o1. The molecule has 6 heteroatoms. The second-order valence-electron chi connectivity index (χ2n) is 5.99. The normalized spacial score (nSPS) is 15.7. The zero-order valence-corrected chi connectivity index (χ0v) is 12.6. The number of hydrogen-bond donors (Lipinski definition) is 2. The number of carbonyl (C=O) groups is 1. The molecule has 0 saturated heterocycles. The summed E-state index contributed by atoms with van der Waals surface area (Å²) in [6, 6.07) is 2.97. The summed E-state index contributed by atoms with van der Waals surface area (Å²) in [5, 5.41) is 12.1. The molecule has 0 spiro atoms. The number of nitrogens with one attached hydrogen (secondary N) is 1. The largest absolute Gasteiger partial charge is 0.505 e. The molecule has 122 valence electrons. The molecule has 23 heavy (non-hydrogen) atoms. The number of amides is 1. The van der Waals surface area contributed by atoms with Gasteiger partial charge in [-0.1, -0.05) is 19.3 Å². The smallest absolute Gasteiger partial charge is 0.287 e. The van der Waals surface area contributed by atoms with Crippen molar-refractivity contribution in [3.05, 3.63) is 40.0 Å². The van der Waals surface area contributed by atoms with Gasteiger partial charge in [0, 0.05) is 18.7 Å². The number of rotatable bonds is 3. The van der Waals surface area contributed by atoms with Gasteiger partial charge >= 0.3 is 0 Å². The maximum atomic E-state index is 13.4. The summed E-state index contributed by atoms with van der Waals surface area (Å²) >= 11 is 0. The van der Waals surface area contributed by atoms with Crippen molar-refractivity contribution in [3.63, 3.8) is 0 Å². The summed E-state index contributed by atoms with van der Waals surface area (Å²) in [7, 11) is 0. The van der Waals surface area contributed by atoms with Crippen LogP contribution in [-0.2, 0) is 0 Å². The Labute approximate surface area is 132 Å². The summed E-state index contributed by atoms with van der Waals surface area (Å²) in [6.45, 7) is 0.546. The first-order chi connectivity index (χ1) is 11.0. The van der Waals surface area contributed by atoms with E-state index in [2.05, 4.69) is 5.32 Å². The molecule has 2 aromatic rings. The van der Waals surface area contributed by atoms with Crippen molar-refractivity contribution < 1.29 is 18.7 Å². The van der Waals surface area contributed by atoms with Crippen molar-refractivity contribution in [1.82, 2.24) is 5.32 Å². The van der Waals surface area contributed by atoms with E-state index >= 15 is 0 Å². The van der Waals surface area contributed by atoms with Gasteiger partial charge < -0.3 is 14.8 Å². The van der Waals surface area contributed by atoms with Gasteiger partial charge in [0.05, 0.1) is 5.39 Å². The van der Waals surface area contributed by atoms with Crippen molar-refractivity contribution >= 4 is 16.9 Å². The van der Waals surface area contributed by atoms with E-state index in [-0.39, 0.29) is 16.7 Å². The average Bonchev–Trinajstić information content (AvgIpc) is 2.55. The average molecular weight is 319 g/mol. The lowest BCUT2D eigenvalue weighted by Gasteiger charge is -2.21. The first kappa shape index (κ1) is 15.5. The second-order valence-corrected chi connectivity index (χ2v) is 5.99. The van der Waals surface area contributed by atoms with Gasteiger partial charge in [-0.15, -0.1) is 0 Å². The number of phenols is 1. The molecule has 1 heterocycles. The third kappa shape index (κ3) is 3.36. The van der Waals surface area contributed by atoms with Crippen molar-refractivity contribution in [3.8, 4) is 5.75 Å². The second kappa shape index (κ2) is 6.40. The molecule has 1 aliphatic carbocycles. The summed E-state index contributed by atoms with van der Waals surface area (Å²) < 4.78 is 18.7. The number of aromatic hydroxyl groups is 1. The molecule has 2 N–H and O–H groups in total. The molecule has 1 aliphatic rings. The van der Waals surface area contributed by atoms with Crippen LogP contribution >= 0.6 is 0 Å². The number of phenolic OH excluding ortho intramolecular Hbond substituents is 1. The lowest BCUT2D eigenvalue weighted by Crippen LogP contribution is -2.30. The number of halogens is 1. The molecular weight excluding hydrogens is 301 g/mol. The summed E-state index contributed by atoms with van der Waals surface area (Å²) in [6.07, 6.45) is 5.77. The first-order valence-electron chi connectivity index (χ1n) is 7.79. The van der Waals surface area contributed by atoms with Gasteiger partial charge in [0.15, 0.2) is 22.8 Å². The Kier molecular flexibility index (Phi) is 4.32. The van der Waals surface area contributed by atoms with Crippen LogP contribution in [0.3, 0.4) is 0 Å². The number of hydrogen-bond acceptors (Lipinski definition) is 4. The van der Waals surface area contributed by atoms with Gasteiger partial charge in [-0.25, -0.2) is 4.39 Å². The molecule has 1 fully saturated rings. The minimum absolute atomic E-state index is 0.0349. The molecule has 1 saturated carbocycles. The molecule has 1 aromatic heterocycles. The van der Waals surface area contributed by atoms with Crippen molar-refractivity contribution in [2.75, 3.05) is 6.54 Å². The maximum Gasteiger partial charge on any atom is 0.287 e. The molecule has 1 aromatic carbocycles. The van der Waals surface area contributed by atoms with Gasteiger partial charge in [-0.05, 0) is 24.8 Å². The fourth-order valence-corrected chi connectivity index (χ4v) is 2.99. The maximum absolute atomic E-state index is 13.4. The lowest BCUT2D eigenvalue weighted by molar-refractivity contribution is 0.0916. The topological polar surface area (TPSA) is 79.5 Å². The Morgan fingerprint density at radius 3 is 2.74 bits per heavy atom. The molecule has 0 atom stereocenters. The lowest BCUT2D eigenvalue weighted by atomic mass is 9.89. The van der Waals surface area contributed by atoms with E-state index in [1.54, 1.807) is 0 Å². The number of carbonyl (C=O) groups excluding carboxylic acids is 1. The molecule has 0 bridgehead atoms. The van der Waals surface area contributed by atoms with Crippen molar-refractivity contribution in [1.29, 1.82) is 0 Å². The Bertz CT molecular complexity index is 793.